The predicted octanol–water partition coefficient (Wildman–Crippen LogP) is 3.62. The van der Waals surface area contributed by atoms with Crippen molar-refractivity contribution in [3.8, 4) is 11.1 Å². The SMILES string of the molecule is CC(C)(C)N1C[C@@H](C(=O)NCc2cccc(-c3ccccc3)c2)CC1=O. The number of nitrogens with zero attached hydrogens (tertiary/aromatic N) is 1. The maximum absolute atomic E-state index is 12.5. The molecule has 3 rings (SSSR count). The first-order chi connectivity index (χ1) is 12.3. The van der Waals surface area contributed by atoms with Crippen LogP contribution in [0.15, 0.2) is 54.6 Å². The number of carbonyl (C=O) groups excluding carboxylic acids is 2. The van der Waals surface area contributed by atoms with E-state index in [2.05, 4.69) is 29.6 Å². The minimum absolute atomic E-state index is 0.0461. The highest BCUT2D eigenvalue weighted by atomic mass is 16.2. The van der Waals surface area contributed by atoms with Gasteiger partial charge in [-0.3, -0.25) is 9.59 Å². The van der Waals surface area contributed by atoms with Crippen LogP contribution in [0.5, 0.6) is 0 Å². The van der Waals surface area contributed by atoms with Crippen LogP contribution in [0.1, 0.15) is 32.8 Å². The highest BCUT2D eigenvalue weighted by Gasteiger charge is 2.39. The number of benzene rings is 2. The van der Waals surface area contributed by atoms with Gasteiger partial charge in [0.15, 0.2) is 0 Å². The summed E-state index contributed by atoms with van der Waals surface area (Å²) in [7, 11) is 0. The molecule has 2 aromatic rings. The van der Waals surface area contributed by atoms with Crippen LogP contribution < -0.4 is 5.32 Å². The molecular weight excluding hydrogens is 324 g/mol. The Morgan fingerprint density at radius 2 is 1.77 bits per heavy atom. The smallest absolute Gasteiger partial charge is 0.225 e. The van der Waals surface area contributed by atoms with Gasteiger partial charge in [-0.05, 0) is 43.5 Å². The molecule has 0 aromatic heterocycles. The van der Waals surface area contributed by atoms with Crippen LogP contribution in [-0.2, 0) is 16.1 Å². The molecule has 2 amide bonds. The first kappa shape index (κ1) is 18.2. The zero-order valence-electron chi connectivity index (χ0n) is 15.7. The van der Waals surface area contributed by atoms with Crippen molar-refractivity contribution in [3.05, 3.63) is 60.2 Å². The molecule has 1 saturated heterocycles. The minimum Gasteiger partial charge on any atom is -0.352 e. The first-order valence-corrected chi connectivity index (χ1v) is 9.07. The summed E-state index contributed by atoms with van der Waals surface area (Å²) in [6.45, 7) is 6.97. The molecular formula is C22H26N2O2. The van der Waals surface area contributed by atoms with Gasteiger partial charge >= 0.3 is 0 Å². The van der Waals surface area contributed by atoms with E-state index in [0.29, 0.717) is 19.5 Å². The van der Waals surface area contributed by atoms with Gasteiger partial charge in [0.2, 0.25) is 11.8 Å². The van der Waals surface area contributed by atoms with E-state index in [9.17, 15) is 9.59 Å². The fourth-order valence-electron chi connectivity index (χ4n) is 3.36. The molecule has 0 radical (unpaired) electrons. The molecule has 0 bridgehead atoms. The monoisotopic (exact) mass is 350 g/mol. The van der Waals surface area contributed by atoms with Gasteiger partial charge in [0, 0.05) is 25.0 Å². The second kappa shape index (κ2) is 7.32. The number of hydrogen-bond acceptors (Lipinski definition) is 2. The lowest BCUT2D eigenvalue weighted by Gasteiger charge is -2.31. The molecule has 136 valence electrons. The Bertz CT molecular complexity index is 793. The Kier molecular flexibility index (Phi) is 5.12. The first-order valence-electron chi connectivity index (χ1n) is 9.07. The molecule has 4 heteroatoms. The second-order valence-electron chi connectivity index (χ2n) is 7.86. The van der Waals surface area contributed by atoms with Crippen molar-refractivity contribution in [3.63, 3.8) is 0 Å². The van der Waals surface area contributed by atoms with Crippen molar-refractivity contribution in [2.24, 2.45) is 5.92 Å². The van der Waals surface area contributed by atoms with Gasteiger partial charge in [0.1, 0.15) is 0 Å². The van der Waals surface area contributed by atoms with Crippen molar-refractivity contribution in [1.29, 1.82) is 0 Å². The summed E-state index contributed by atoms with van der Waals surface area (Å²) in [5.41, 5.74) is 3.10. The van der Waals surface area contributed by atoms with E-state index in [1.165, 1.54) is 0 Å². The number of hydrogen-bond donors (Lipinski definition) is 1. The zero-order valence-corrected chi connectivity index (χ0v) is 15.7. The summed E-state index contributed by atoms with van der Waals surface area (Å²) in [5.74, 6) is -0.252. The Morgan fingerprint density at radius 3 is 2.42 bits per heavy atom. The lowest BCUT2D eigenvalue weighted by Crippen LogP contribution is -2.43. The quantitative estimate of drug-likeness (QED) is 0.916. The number of likely N-dealkylation sites (tertiary alicyclic amines) is 1. The van der Waals surface area contributed by atoms with Crippen LogP contribution in [0.3, 0.4) is 0 Å². The third-order valence-corrected chi connectivity index (χ3v) is 4.81. The van der Waals surface area contributed by atoms with Crippen molar-refractivity contribution in [1.82, 2.24) is 10.2 Å². The second-order valence-corrected chi connectivity index (χ2v) is 7.86. The summed E-state index contributed by atoms with van der Waals surface area (Å²) < 4.78 is 0. The third kappa shape index (κ3) is 4.13. The van der Waals surface area contributed by atoms with Gasteiger partial charge < -0.3 is 10.2 Å². The summed E-state index contributed by atoms with van der Waals surface area (Å²) in [5, 5.41) is 2.99. The van der Waals surface area contributed by atoms with Gasteiger partial charge in [-0.15, -0.1) is 0 Å². The Hall–Kier alpha value is -2.62. The molecule has 26 heavy (non-hydrogen) atoms. The Morgan fingerprint density at radius 1 is 1.08 bits per heavy atom. The molecule has 0 aliphatic carbocycles. The molecule has 0 saturated carbocycles. The topological polar surface area (TPSA) is 49.4 Å². The van der Waals surface area contributed by atoms with Crippen LogP contribution in [0, 0.1) is 5.92 Å². The molecule has 1 aliphatic heterocycles. The van der Waals surface area contributed by atoms with Crippen molar-refractivity contribution < 1.29 is 9.59 Å². The van der Waals surface area contributed by atoms with Crippen molar-refractivity contribution >= 4 is 11.8 Å². The fourth-order valence-corrected chi connectivity index (χ4v) is 3.36. The van der Waals surface area contributed by atoms with E-state index in [0.717, 1.165) is 16.7 Å². The molecule has 1 aliphatic rings. The van der Waals surface area contributed by atoms with Crippen LogP contribution in [0.2, 0.25) is 0 Å². The summed E-state index contributed by atoms with van der Waals surface area (Å²) in [6.07, 6.45) is 0.299. The highest BCUT2D eigenvalue weighted by molar-refractivity contribution is 5.89. The predicted molar refractivity (Wildman–Crippen MR) is 103 cm³/mol. The number of carbonyl (C=O) groups is 2. The van der Waals surface area contributed by atoms with Gasteiger partial charge in [-0.25, -0.2) is 0 Å². The summed E-state index contributed by atoms with van der Waals surface area (Å²) in [4.78, 5) is 26.5. The van der Waals surface area contributed by atoms with Crippen LogP contribution in [0.4, 0.5) is 0 Å². The zero-order chi connectivity index (χ0) is 18.7. The molecule has 0 spiro atoms. The minimum atomic E-state index is -0.265. The van der Waals surface area contributed by atoms with Crippen LogP contribution >= 0.6 is 0 Å². The standard InChI is InChI=1S/C22H26N2O2/c1-22(2,3)24-15-19(13-20(24)25)21(26)23-14-16-8-7-11-18(12-16)17-9-5-4-6-10-17/h4-12,19H,13-15H2,1-3H3,(H,23,26)/t19-/m0/s1. The lowest BCUT2D eigenvalue weighted by molar-refractivity contribution is -0.132. The largest absolute Gasteiger partial charge is 0.352 e. The molecule has 2 aromatic carbocycles. The molecule has 1 atom stereocenters. The lowest BCUT2D eigenvalue weighted by atomic mass is 10.0. The summed E-state index contributed by atoms with van der Waals surface area (Å²) in [6, 6.07) is 18.3. The Labute approximate surface area is 155 Å². The molecule has 0 unspecified atom stereocenters. The van der Waals surface area contributed by atoms with Gasteiger partial charge in [-0.1, -0.05) is 48.5 Å². The van der Waals surface area contributed by atoms with E-state index < -0.39 is 0 Å². The van der Waals surface area contributed by atoms with Crippen LogP contribution in [0.25, 0.3) is 11.1 Å². The van der Waals surface area contributed by atoms with E-state index in [1.807, 2.05) is 51.1 Å². The van der Waals surface area contributed by atoms with E-state index >= 15 is 0 Å². The molecule has 1 heterocycles. The number of amides is 2. The normalized spacial score (nSPS) is 17.4. The fraction of sp³-hybridized carbons (Fsp3) is 0.364. The van der Waals surface area contributed by atoms with Crippen molar-refractivity contribution in [2.45, 2.75) is 39.3 Å². The highest BCUT2D eigenvalue weighted by Crippen LogP contribution is 2.26. The van der Waals surface area contributed by atoms with E-state index in [4.69, 9.17) is 0 Å². The van der Waals surface area contributed by atoms with Crippen molar-refractivity contribution in [2.75, 3.05) is 6.54 Å². The van der Waals surface area contributed by atoms with E-state index in [-0.39, 0.29) is 23.3 Å². The maximum Gasteiger partial charge on any atom is 0.225 e. The van der Waals surface area contributed by atoms with Crippen LogP contribution in [-0.4, -0.2) is 28.8 Å². The third-order valence-electron chi connectivity index (χ3n) is 4.81. The maximum atomic E-state index is 12.5. The average Bonchev–Trinajstić information content (AvgIpc) is 3.03. The molecule has 1 fully saturated rings. The molecule has 4 nitrogen and oxygen atoms in total. The van der Waals surface area contributed by atoms with Gasteiger partial charge in [-0.2, -0.15) is 0 Å². The number of nitrogens with one attached hydrogen (secondary N) is 1. The molecule has 1 N–H and O–H groups in total. The van der Waals surface area contributed by atoms with Gasteiger partial charge in [0.25, 0.3) is 0 Å². The van der Waals surface area contributed by atoms with E-state index in [1.54, 1.807) is 4.90 Å². The summed E-state index contributed by atoms with van der Waals surface area (Å²) >= 11 is 0. The van der Waals surface area contributed by atoms with Gasteiger partial charge in [0.05, 0.1) is 5.92 Å². The number of rotatable bonds is 4. The average molecular weight is 350 g/mol. The Balaban J connectivity index is 1.61.